The fraction of sp³-hybridized carbons (Fsp3) is 0.278. The molecule has 1 heterocycles. The molecule has 0 unspecified atom stereocenters. The largest absolute Gasteiger partial charge is 0.337 e. The number of carbonyl (C=O) groups excluding carboxylic acids is 1. The Morgan fingerprint density at radius 2 is 2.00 bits per heavy atom. The molecule has 0 saturated carbocycles. The first-order chi connectivity index (χ1) is 12.3. The zero-order chi connectivity index (χ0) is 18.9. The fourth-order valence-electron chi connectivity index (χ4n) is 2.89. The number of para-hydroxylation sites is 1. The van der Waals surface area contributed by atoms with Gasteiger partial charge in [0.1, 0.15) is 5.82 Å². The second-order valence-electron chi connectivity index (χ2n) is 6.36. The highest BCUT2D eigenvalue weighted by molar-refractivity contribution is 7.92. The molecule has 0 aromatic heterocycles. The normalized spacial score (nSPS) is 17.3. The molecule has 0 bridgehead atoms. The molecule has 2 aromatic carbocycles. The third kappa shape index (κ3) is 3.71. The van der Waals surface area contributed by atoms with E-state index in [0.717, 1.165) is 6.42 Å². The van der Waals surface area contributed by atoms with E-state index in [1.807, 2.05) is 0 Å². The van der Waals surface area contributed by atoms with Crippen LogP contribution in [0.4, 0.5) is 10.1 Å². The highest BCUT2D eigenvalue weighted by Crippen LogP contribution is 2.23. The van der Waals surface area contributed by atoms with Crippen molar-refractivity contribution < 1.29 is 17.6 Å². The number of nitrogens with one attached hydrogen (secondary N) is 1. The highest BCUT2D eigenvalue weighted by atomic mass is 32.2. The monoisotopic (exact) mass is 377 g/mol. The first-order valence-corrected chi connectivity index (χ1v) is 9.69. The van der Waals surface area contributed by atoms with Crippen LogP contribution in [-0.2, 0) is 10.0 Å². The van der Waals surface area contributed by atoms with Gasteiger partial charge < -0.3 is 10.6 Å². The summed E-state index contributed by atoms with van der Waals surface area (Å²) in [5.41, 5.74) is 6.66. The number of hydrogen-bond acceptors (Lipinski definition) is 4. The molecule has 1 saturated heterocycles. The first-order valence-electron chi connectivity index (χ1n) is 8.21. The van der Waals surface area contributed by atoms with Gasteiger partial charge in [-0.3, -0.25) is 9.52 Å². The van der Waals surface area contributed by atoms with Crippen LogP contribution < -0.4 is 10.5 Å². The van der Waals surface area contributed by atoms with E-state index >= 15 is 0 Å². The van der Waals surface area contributed by atoms with Crippen molar-refractivity contribution in [3.05, 3.63) is 59.4 Å². The Labute approximate surface area is 151 Å². The number of nitrogens with zero attached hydrogens (tertiary/aromatic N) is 1. The van der Waals surface area contributed by atoms with Crippen molar-refractivity contribution in [1.29, 1.82) is 0 Å². The molecule has 1 atom stereocenters. The predicted octanol–water partition coefficient (Wildman–Crippen LogP) is 2.11. The number of hydrogen-bond donors (Lipinski definition) is 2. The van der Waals surface area contributed by atoms with Crippen molar-refractivity contribution in [3.8, 4) is 0 Å². The lowest BCUT2D eigenvalue weighted by Gasteiger charge is -2.18. The van der Waals surface area contributed by atoms with E-state index in [1.54, 1.807) is 17.9 Å². The number of sulfonamides is 1. The van der Waals surface area contributed by atoms with Crippen LogP contribution in [0.5, 0.6) is 0 Å². The van der Waals surface area contributed by atoms with E-state index in [2.05, 4.69) is 4.72 Å². The number of halogens is 1. The smallest absolute Gasteiger partial charge is 0.262 e. The summed E-state index contributed by atoms with van der Waals surface area (Å²) in [6.45, 7) is 2.73. The van der Waals surface area contributed by atoms with E-state index in [0.29, 0.717) is 24.2 Å². The van der Waals surface area contributed by atoms with Crippen molar-refractivity contribution in [2.45, 2.75) is 24.3 Å². The zero-order valence-electron chi connectivity index (χ0n) is 14.3. The Hall–Kier alpha value is -2.45. The van der Waals surface area contributed by atoms with Gasteiger partial charge in [-0.15, -0.1) is 0 Å². The molecular weight excluding hydrogens is 357 g/mol. The number of amides is 1. The fourth-order valence-corrected chi connectivity index (χ4v) is 3.98. The molecule has 1 fully saturated rings. The van der Waals surface area contributed by atoms with Gasteiger partial charge in [-0.25, -0.2) is 12.8 Å². The molecule has 1 amide bonds. The van der Waals surface area contributed by atoms with Crippen LogP contribution in [0.2, 0.25) is 0 Å². The van der Waals surface area contributed by atoms with Crippen molar-refractivity contribution >= 4 is 21.6 Å². The van der Waals surface area contributed by atoms with Gasteiger partial charge in [0.2, 0.25) is 0 Å². The Morgan fingerprint density at radius 3 is 2.65 bits per heavy atom. The van der Waals surface area contributed by atoms with E-state index in [9.17, 15) is 17.6 Å². The van der Waals surface area contributed by atoms with Gasteiger partial charge in [-0.2, -0.15) is 0 Å². The molecule has 8 heteroatoms. The first kappa shape index (κ1) is 18.3. The minimum Gasteiger partial charge on any atom is -0.337 e. The zero-order valence-corrected chi connectivity index (χ0v) is 15.1. The average molecular weight is 377 g/mol. The predicted molar refractivity (Wildman–Crippen MR) is 96.9 cm³/mol. The molecule has 1 aliphatic rings. The third-order valence-electron chi connectivity index (χ3n) is 4.38. The van der Waals surface area contributed by atoms with E-state index in [-0.39, 0.29) is 22.5 Å². The number of benzene rings is 2. The highest BCUT2D eigenvalue weighted by Gasteiger charge is 2.27. The SMILES string of the molecule is Cc1ccc(S(=O)(=O)Nc2ccccc2F)cc1C(=O)N1CC[C@@H](N)C1. The van der Waals surface area contributed by atoms with E-state index < -0.39 is 15.8 Å². The summed E-state index contributed by atoms with van der Waals surface area (Å²) in [5.74, 6) is -0.927. The second-order valence-corrected chi connectivity index (χ2v) is 8.04. The maximum Gasteiger partial charge on any atom is 0.262 e. The molecular formula is C18H20FN3O3S. The molecule has 6 nitrogen and oxygen atoms in total. The Balaban J connectivity index is 1.91. The summed E-state index contributed by atoms with van der Waals surface area (Å²) in [5, 5.41) is 0. The van der Waals surface area contributed by atoms with Gasteiger partial charge in [-0.05, 0) is 43.2 Å². The minimum atomic E-state index is -4.03. The number of rotatable bonds is 4. The maximum atomic E-state index is 13.7. The van der Waals surface area contributed by atoms with Crippen molar-refractivity contribution in [1.82, 2.24) is 4.90 Å². The molecule has 3 N–H and O–H groups in total. The van der Waals surface area contributed by atoms with Crippen LogP contribution in [0.1, 0.15) is 22.3 Å². The summed E-state index contributed by atoms with van der Waals surface area (Å²) >= 11 is 0. The number of carbonyl (C=O) groups is 1. The molecule has 1 aliphatic heterocycles. The number of aryl methyl sites for hydroxylation is 1. The van der Waals surface area contributed by atoms with E-state index in [1.165, 1.54) is 36.4 Å². The quantitative estimate of drug-likeness (QED) is 0.854. The number of nitrogens with two attached hydrogens (primary N) is 1. The Morgan fingerprint density at radius 1 is 1.27 bits per heavy atom. The molecule has 26 heavy (non-hydrogen) atoms. The average Bonchev–Trinajstić information content (AvgIpc) is 3.03. The van der Waals surface area contributed by atoms with Crippen LogP contribution in [0.3, 0.4) is 0 Å². The molecule has 0 aliphatic carbocycles. The summed E-state index contributed by atoms with van der Waals surface area (Å²) in [4.78, 5) is 14.2. The van der Waals surface area contributed by atoms with E-state index in [4.69, 9.17) is 5.73 Å². The molecule has 3 rings (SSSR count). The lowest BCUT2D eigenvalue weighted by atomic mass is 10.1. The van der Waals surface area contributed by atoms with Gasteiger partial charge >= 0.3 is 0 Å². The van der Waals surface area contributed by atoms with Gasteiger partial charge in [0.25, 0.3) is 15.9 Å². The van der Waals surface area contributed by atoms with Crippen LogP contribution in [0, 0.1) is 12.7 Å². The third-order valence-corrected chi connectivity index (χ3v) is 5.74. The van der Waals surface area contributed by atoms with Crippen LogP contribution in [0.15, 0.2) is 47.4 Å². The number of anilines is 1. The summed E-state index contributed by atoms with van der Waals surface area (Å²) in [6.07, 6.45) is 0.720. The second kappa shape index (κ2) is 7.05. The molecule has 2 aromatic rings. The van der Waals surface area contributed by atoms with Gasteiger partial charge in [-0.1, -0.05) is 18.2 Å². The van der Waals surface area contributed by atoms with Gasteiger partial charge in [0.05, 0.1) is 10.6 Å². The van der Waals surface area contributed by atoms with Crippen LogP contribution in [0.25, 0.3) is 0 Å². The lowest BCUT2D eigenvalue weighted by molar-refractivity contribution is 0.0790. The Kier molecular flexibility index (Phi) is 4.97. The van der Waals surface area contributed by atoms with Crippen molar-refractivity contribution in [2.75, 3.05) is 17.8 Å². The summed E-state index contributed by atoms with van der Waals surface area (Å²) < 4.78 is 41.1. The van der Waals surface area contributed by atoms with Crippen LogP contribution >= 0.6 is 0 Å². The lowest BCUT2D eigenvalue weighted by Crippen LogP contribution is -2.32. The number of likely N-dealkylation sites (tertiary alicyclic amines) is 1. The molecule has 0 radical (unpaired) electrons. The molecule has 0 spiro atoms. The van der Waals surface area contributed by atoms with Gasteiger partial charge in [0, 0.05) is 24.7 Å². The van der Waals surface area contributed by atoms with Gasteiger partial charge in [0.15, 0.2) is 0 Å². The van der Waals surface area contributed by atoms with Crippen molar-refractivity contribution in [2.24, 2.45) is 5.73 Å². The topological polar surface area (TPSA) is 92.5 Å². The molecule has 138 valence electrons. The standard InChI is InChI=1S/C18H20FN3O3S/c1-12-6-7-14(10-15(12)18(23)22-9-8-13(20)11-22)26(24,25)21-17-5-3-2-4-16(17)19/h2-7,10,13,21H,8-9,11,20H2,1H3/t13-/m1/s1. The summed E-state index contributed by atoms with van der Waals surface area (Å²) in [7, 11) is -4.03. The summed E-state index contributed by atoms with van der Waals surface area (Å²) in [6, 6.07) is 9.72. The maximum absolute atomic E-state index is 13.7. The van der Waals surface area contributed by atoms with Crippen LogP contribution in [-0.4, -0.2) is 38.4 Å². The van der Waals surface area contributed by atoms with Crippen molar-refractivity contribution in [3.63, 3.8) is 0 Å². The Bertz CT molecular complexity index is 946. The minimum absolute atomic E-state index is 0.0612.